The number of aliphatic hydroxyl groups excluding tert-OH is 1. The number of aryl methyl sites for hydroxylation is 2. The zero-order valence-electron chi connectivity index (χ0n) is 12.3. The number of methoxy groups -OCH3 is 1. The summed E-state index contributed by atoms with van der Waals surface area (Å²) in [6.45, 7) is 11.2. The Hall–Kier alpha value is -1.22. The summed E-state index contributed by atoms with van der Waals surface area (Å²) >= 11 is 0. The Morgan fingerprint density at radius 2 is 1.83 bits per heavy atom. The Labute approximate surface area is 110 Å². The minimum atomic E-state index is -0.143. The van der Waals surface area contributed by atoms with Crippen molar-refractivity contribution in [3.05, 3.63) is 22.8 Å². The van der Waals surface area contributed by atoms with Crippen LogP contribution in [0.2, 0.25) is 0 Å². The first-order chi connectivity index (χ1) is 8.32. The number of nitrogens with one attached hydrogen (secondary N) is 1. The fourth-order valence-electron chi connectivity index (χ4n) is 1.91. The van der Waals surface area contributed by atoms with Crippen LogP contribution in [0, 0.1) is 26.2 Å². The van der Waals surface area contributed by atoms with E-state index in [1.165, 1.54) is 11.1 Å². The third kappa shape index (κ3) is 3.16. The molecule has 0 bridgehead atoms. The molecule has 1 aromatic carbocycles. The van der Waals surface area contributed by atoms with Gasteiger partial charge in [0.2, 0.25) is 0 Å². The van der Waals surface area contributed by atoms with Crippen LogP contribution in [0.5, 0.6) is 5.75 Å². The molecule has 1 rings (SSSR count). The third-order valence-electron chi connectivity index (χ3n) is 3.36. The van der Waals surface area contributed by atoms with Gasteiger partial charge >= 0.3 is 0 Å². The summed E-state index contributed by atoms with van der Waals surface area (Å²) in [4.78, 5) is 0. The minimum absolute atomic E-state index is 0.143. The van der Waals surface area contributed by atoms with Gasteiger partial charge in [0.1, 0.15) is 5.75 Å². The van der Waals surface area contributed by atoms with E-state index in [2.05, 4.69) is 32.2 Å². The monoisotopic (exact) mass is 251 g/mol. The van der Waals surface area contributed by atoms with Gasteiger partial charge in [0, 0.05) is 18.6 Å². The van der Waals surface area contributed by atoms with Gasteiger partial charge in [0.15, 0.2) is 0 Å². The van der Waals surface area contributed by atoms with Crippen LogP contribution in [0.1, 0.15) is 30.5 Å². The zero-order valence-corrected chi connectivity index (χ0v) is 12.3. The molecule has 0 spiro atoms. The van der Waals surface area contributed by atoms with E-state index in [9.17, 15) is 5.11 Å². The van der Waals surface area contributed by atoms with Gasteiger partial charge in [-0.3, -0.25) is 0 Å². The third-order valence-corrected chi connectivity index (χ3v) is 3.36. The van der Waals surface area contributed by atoms with Crippen LogP contribution in [-0.4, -0.2) is 25.4 Å². The van der Waals surface area contributed by atoms with Crippen molar-refractivity contribution in [2.45, 2.75) is 34.6 Å². The number of aliphatic hydroxyl groups is 1. The van der Waals surface area contributed by atoms with Gasteiger partial charge in [-0.1, -0.05) is 19.9 Å². The summed E-state index contributed by atoms with van der Waals surface area (Å²) < 4.78 is 5.51. The van der Waals surface area contributed by atoms with Crippen LogP contribution in [0.25, 0.3) is 0 Å². The van der Waals surface area contributed by atoms with E-state index >= 15 is 0 Å². The number of hydrogen-bond donors (Lipinski definition) is 2. The van der Waals surface area contributed by atoms with Crippen LogP contribution in [0.3, 0.4) is 0 Å². The molecule has 2 N–H and O–H groups in total. The second-order valence-electron chi connectivity index (χ2n) is 5.72. The number of rotatable bonds is 5. The Kier molecular flexibility index (Phi) is 4.63. The molecular formula is C15H25NO2. The predicted molar refractivity (Wildman–Crippen MR) is 76.6 cm³/mol. The fraction of sp³-hybridized carbons (Fsp3) is 0.600. The second kappa shape index (κ2) is 5.61. The molecule has 18 heavy (non-hydrogen) atoms. The Balaban J connectivity index is 3.05. The highest BCUT2D eigenvalue weighted by atomic mass is 16.5. The van der Waals surface area contributed by atoms with Crippen molar-refractivity contribution in [1.29, 1.82) is 0 Å². The quantitative estimate of drug-likeness (QED) is 0.845. The highest BCUT2D eigenvalue weighted by Crippen LogP contribution is 2.34. The average Bonchev–Trinajstić information content (AvgIpc) is 2.32. The first-order valence-electron chi connectivity index (χ1n) is 6.32. The maximum absolute atomic E-state index is 9.30. The van der Waals surface area contributed by atoms with E-state index < -0.39 is 0 Å². The van der Waals surface area contributed by atoms with E-state index in [0.717, 1.165) is 17.0 Å². The van der Waals surface area contributed by atoms with Crippen LogP contribution in [-0.2, 0) is 0 Å². The van der Waals surface area contributed by atoms with Crippen molar-refractivity contribution < 1.29 is 9.84 Å². The molecule has 0 saturated carbocycles. The van der Waals surface area contributed by atoms with Gasteiger partial charge in [-0.25, -0.2) is 0 Å². The number of benzene rings is 1. The fourth-order valence-corrected chi connectivity index (χ4v) is 1.91. The van der Waals surface area contributed by atoms with E-state index in [1.807, 2.05) is 13.8 Å². The molecule has 0 saturated heterocycles. The molecule has 0 amide bonds. The van der Waals surface area contributed by atoms with Gasteiger partial charge in [0.05, 0.1) is 12.8 Å². The summed E-state index contributed by atoms with van der Waals surface area (Å²) in [5.74, 6) is 0.904. The molecule has 0 fully saturated rings. The molecule has 0 aromatic heterocycles. The Bertz CT molecular complexity index is 425. The van der Waals surface area contributed by atoms with E-state index in [0.29, 0.717) is 6.54 Å². The van der Waals surface area contributed by atoms with Crippen molar-refractivity contribution in [2.75, 3.05) is 25.6 Å². The summed E-state index contributed by atoms with van der Waals surface area (Å²) in [5, 5.41) is 12.7. The molecule has 0 atom stereocenters. The molecule has 1 aromatic rings. The molecule has 0 unspecified atom stereocenters. The lowest BCUT2D eigenvalue weighted by Gasteiger charge is -2.25. The lowest BCUT2D eigenvalue weighted by atomic mass is 9.94. The van der Waals surface area contributed by atoms with Crippen molar-refractivity contribution in [1.82, 2.24) is 0 Å². The highest BCUT2D eigenvalue weighted by Gasteiger charge is 2.18. The first kappa shape index (κ1) is 14.8. The number of hydrogen-bond acceptors (Lipinski definition) is 3. The Morgan fingerprint density at radius 3 is 2.33 bits per heavy atom. The maximum Gasteiger partial charge on any atom is 0.145 e. The van der Waals surface area contributed by atoms with Crippen molar-refractivity contribution in [2.24, 2.45) is 5.41 Å². The summed E-state index contributed by atoms with van der Waals surface area (Å²) in [7, 11) is 1.70. The highest BCUT2D eigenvalue weighted by molar-refractivity contribution is 5.66. The van der Waals surface area contributed by atoms with Crippen LogP contribution < -0.4 is 10.1 Å². The van der Waals surface area contributed by atoms with E-state index in [1.54, 1.807) is 7.11 Å². The smallest absolute Gasteiger partial charge is 0.145 e. The van der Waals surface area contributed by atoms with Crippen molar-refractivity contribution in [3.8, 4) is 5.75 Å². The molecule has 0 radical (unpaired) electrons. The first-order valence-corrected chi connectivity index (χ1v) is 6.32. The van der Waals surface area contributed by atoms with Crippen LogP contribution in [0.4, 0.5) is 5.69 Å². The lowest BCUT2D eigenvalue weighted by molar-refractivity contribution is 0.170. The normalized spacial score (nSPS) is 11.5. The second-order valence-corrected chi connectivity index (χ2v) is 5.72. The van der Waals surface area contributed by atoms with Crippen LogP contribution >= 0.6 is 0 Å². The number of anilines is 1. The molecule has 3 nitrogen and oxygen atoms in total. The van der Waals surface area contributed by atoms with Gasteiger partial charge in [-0.2, -0.15) is 0 Å². The largest absolute Gasteiger partial charge is 0.494 e. The van der Waals surface area contributed by atoms with E-state index in [4.69, 9.17) is 4.74 Å². The molecule has 3 heteroatoms. The summed E-state index contributed by atoms with van der Waals surface area (Å²) in [6, 6.07) is 2.16. The van der Waals surface area contributed by atoms with Crippen LogP contribution in [0.15, 0.2) is 6.07 Å². The summed E-state index contributed by atoms with van der Waals surface area (Å²) in [6.07, 6.45) is 0. The molecular weight excluding hydrogens is 226 g/mol. The number of ether oxygens (including phenoxy) is 1. The van der Waals surface area contributed by atoms with Gasteiger partial charge in [0.25, 0.3) is 0 Å². The maximum atomic E-state index is 9.30. The average molecular weight is 251 g/mol. The molecule has 0 heterocycles. The van der Waals surface area contributed by atoms with Crippen molar-refractivity contribution >= 4 is 5.69 Å². The standard InChI is InChI=1S/C15H25NO2/c1-10-7-11(2)13(14(18-6)12(10)3)16-8-15(4,5)9-17/h7,16-17H,8-9H2,1-6H3. The SMILES string of the molecule is COc1c(C)c(C)cc(C)c1NCC(C)(C)CO. The molecule has 0 aliphatic carbocycles. The van der Waals surface area contributed by atoms with Gasteiger partial charge < -0.3 is 15.2 Å². The Morgan fingerprint density at radius 1 is 1.22 bits per heavy atom. The predicted octanol–water partition coefficient (Wildman–Crippen LogP) is 3.05. The minimum Gasteiger partial charge on any atom is -0.494 e. The molecule has 0 aliphatic heterocycles. The van der Waals surface area contributed by atoms with Gasteiger partial charge in [-0.05, 0) is 37.5 Å². The summed E-state index contributed by atoms with van der Waals surface area (Å²) in [5.41, 5.74) is 4.45. The zero-order chi connectivity index (χ0) is 13.9. The van der Waals surface area contributed by atoms with E-state index in [-0.39, 0.29) is 12.0 Å². The van der Waals surface area contributed by atoms with Crippen molar-refractivity contribution in [3.63, 3.8) is 0 Å². The topological polar surface area (TPSA) is 41.5 Å². The van der Waals surface area contributed by atoms with Gasteiger partial charge in [-0.15, -0.1) is 0 Å². The lowest BCUT2D eigenvalue weighted by Crippen LogP contribution is -2.27. The molecule has 0 aliphatic rings. The molecule has 102 valence electrons.